The van der Waals surface area contributed by atoms with Gasteiger partial charge in [-0.15, -0.1) is 45.3 Å². The van der Waals surface area contributed by atoms with Crippen LogP contribution in [-0.2, 0) is 44.9 Å². The fourth-order valence-electron chi connectivity index (χ4n) is 15.9. The van der Waals surface area contributed by atoms with Crippen LogP contribution in [-0.4, -0.2) is 86.7 Å². The Kier molecular flexibility index (Phi) is 48.8. The number of thioether (sulfide) groups is 4. The zero-order valence-corrected chi connectivity index (χ0v) is 83.0. The van der Waals surface area contributed by atoms with Crippen molar-refractivity contribution in [3.63, 3.8) is 0 Å². The number of hydrogen-bond acceptors (Lipinski definition) is 16. The maximum absolute atomic E-state index is 14.1. The second kappa shape index (κ2) is 56.3. The van der Waals surface area contributed by atoms with Crippen molar-refractivity contribution in [3.8, 4) is 19.5 Å². The van der Waals surface area contributed by atoms with Gasteiger partial charge in [0.1, 0.15) is 17.3 Å². The van der Waals surface area contributed by atoms with Crippen molar-refractivity contribution >= 4 is 206 Å². The summed E-state index contributed by atoms with van der Waals surface area (Å²) in [6, 6.07) is 9.39. The first-order valence-electron chi connectivity index (χ1n) is 45.9. The van der Waals surface area contributed by atoms with Crippen LogP contribution in [0, 0.1) is 23.7 Å². The largest absolute Gasteiger partial charge is 0.293 e. The van der Waals surface area contributed by atoms with Gasteiger partial charge in [0.25, 0.3) is 23.6 Å². The van der Waals surface area contributed by atoms with Crippen LogP contribution in [0.25, 0.3) is 43.8 Å². The third-order valence-electron chi connectivity index (χ3n) is 23.2. The summed E-state index contributed by atoms with van der Waals surface area (Å²) < 4.78 is 2.79. The molecule has 0 bridgehead atoms. The molecule has 4 aromatic rings. The van der Waals surface area contributed by atoms with Crippen molar-refractivity contribution in [2.75, 3.05) is 26.2 Å². The molecule has 4 aliphatic heterocycles. The fourth-order valence-corrected chi connectivity index (χ4v) is 26.3. The van der Waals surface area contributed by atoms with E-state index in [0.29, 0.717) is 54.0 Å². The van der Waals surface area contributed by atoms with E-state index in [0.717, 1.165) is 142 Å². The minimum atomic E-state index is 0.0577. The lowest BCUT2D eigenvalue weighted by Gasteiger charge is -2.23. The molecule has 8 nitrogen and oxygen atoms in total. The van der Waals surface area contributed by atoms with Gasteiger partial charge in [0.05, 0.1) is 19.6 Å². The molecule has 644 valence electrons. The first kappa shape index (κ1) is 100. The fraction of sp³-hybridized carbons (Fsp3) is 0.667. The van der Waals surface area contributed by atoms with E-state index in [1.54, 1.807) is 0 Å². The molecule has 4 unspecified atom stereocenters. The monoisotopic (exact) mass is 1800 g/mol. The molecular weight excluding hydrogens is 1660 g/mol. The number of carbonyl (C=O) groups is 4. The topological polar surface area (TPSA) is 81.2 Å². The van der Waals surface area contributed by atoms with Crippen molar-refractivity contribution in [1.29, 1.82) is 0 Å². The van der Waals surface area contributed by atoms with Crippen molar-refractivity contribution in [2.24, 2.45) is 23.7 Å². The molecule has 4 aliphatic rings. The number of carbonyl (C=O) groups excluding carboxylic acids is 4. The molecule has 4 fully saturated rings. The van der Waals surface area contributed by atoms with Crippen molar-refractivity contribution in [2.45, 2.75) is 366 Å². The van der Waals surface area contributed by atoms with Crippen LogP contribution in [0.1, 0.15) is 382 Å². The first-order valence-corrected chi connectivity index (χ1v) is 54.0. The molecule has 0 saturated carbocycles. The zero-order chi connectivity index (χ0) is 83.7. The Morgan fingerprint density at radius 2 is 0.466 bits per heavy atom. The number of hydrogen-bond donors (Lipinski definition) is 0. The van der Waals surface area contributed by atoms with E-state index in [1.165, 1.54) is 281 Å². The van der Waals surface area contributed by atoms with Gasteiger partial charge in [-0.2, -0.15) is 0 Å². The maximum Gasteiger partial charge on any atom is 0.266 e. The number of unbranched alkanes of at least 4 members (excludes halogenated alkanes) is 22. The van der Waals surface area contributed by atoms with Crippen molar-refractivity contribution in [1.82, 2.24) is 19.6 Å². The third-order valence-corrected chi connectivity index (χ3v) is 33.6. The van der Waals surface area contributed by atoms with E-state index >= 15 is 0 Å². The van der Waals surface area contributed by atoms with Gasteiger partial charge in [0.2, 0.25) is 0 Å². The Morgan fingerprint density at radius 1 is 0.267 bits per heavy atom. The summed E-state index contributed by atoms with van der Waals surface area (Å²) in [6.45, 7) is 29.9. The molecular formula is C96H144N4O4S12. The van der Waals surface area contributed by atoms with Gasteiger partial charge in [-0.1, -0.05) is 372 Å². The Hall–Kier alpha value is -2.60. The minimum Gasteiger partial charge on any atom is -0.293 e. The number of nitrogens with zero attached hydrogens (tertiary/aromatic N) is 4. The summed E-state index contributed by atoms with van der Waals surface area (Å²) in [7, 11) is 0. The van der Waals surface area contributed by atoms with Crippen LogP contribution >= 0.6 is 141 Å². The van der Waals surface area contributed by atoms with E-state index in [2.05, 4.69) is 132 Å². The first-order chi connectivity index (χ1) is 56.3. The molecule has 0 aliphatic carbocycles. The molecule has 8 rings (SSSR count). The average Bonchev–Trinajstić information content (AvgIpc) is 1.66. The number of thiocarbonyl (C=S) groups is 4. The number of rotatable bonds is 58. The van der Waals surface area contributed by atoms with Crippen LogP contribution in [0.3, 0.4) is 0 Å². The molecule has 0 aromatic carbocycles. The van der Waals surface area contributed by atoms with Gasteiger partial charge >= 0.3 is 0 Å². The molecule has 4 atom stereocenters. The van der Waals surface area contributed by atoms with E-state index in [1.807, 2.05) is 64.9 Å². The predicted molar refractivity (Wildman–Crippen MR) is 536 cm³/mol. The number of amides is 4. The van der Waals surface area contributed by atoms with E-state index in [-0.39, 0.29) is 23.6 Å². The molecule has 0 N–H and O–H groups in total. The molecule has 20 heteroatoms. The van der Waals surface area contributed by atoms with Gasteiger partial charge < -0.3 is 0 Å². The molecule has 4 saturated heterocycles. The van der Waals surface area contributed by atoms with Crippen molar-refractivity contribution in [3.05, 3.63) is 85.6 Å². The average molecular weight is 1800 g/mol. The Labute approximate surface area is 758 Å². The van der Waals surface area contributed by atoms with E-state index in [4.69, 9.17) is 48.9 Å². The lowest BCUT2D eigenvalue weighted by Crippen LogP contribution is -2.33. The lowest BCUT2D eigenvalue weighted by molar-refractivity contribution is -0.123. The van der Waals surface area contributed by atoms with Crippen molar-refractivity contribution < 1.29 is 19.2 Å². The Morgan fingerprint density at radius 3 is 0.681 bits per heavy atom. The summed E-state index contributed by atoms with van der Waals surface area (Å²) in [5.74, 6) is 2.22. The Bertz CT molecular complexity index is 3620. The van der Waals surface area contributed by atoms with E-state index < -0.39 is 0 Å². The van der Waals surface area contributed by atoms with Crippen LogP contribution in [0.5, 0.6) is 0 Å². The molecule has 4 aromatic heterocycles. The highest BCUT2D eigenvalue weighted by Crippen LogP contribution is 2.48. The summed E-state index contributed by atoms with van der Waals surface area (Å²) in [4.78, 5) is 76.0. The minimum absolute atomic E-state index is 0.0577. The van der Waals surface area contributed by atoms with Crippen LogP contribution < -0.4 is 0 Å². The maximum atomic E-state index is 14.1. The lowest BCUT2D eigenvalue weighted by atomic mass is 9.94. The summed E-state index contributed by atoms with van der Waals surface area (Å²) >= 11 is 36.5. The van der Waals surface area contributed by atoms with Crippen LogP contribution in [0.15, 0.2) is 43.9 Å². The standard InChI is InChI=1S/C52H80N2O2S6.C44H64N2O2S6/c1-7-13-19-23-29-39(27-17-11-5)37-53-49(55)45(61-51(53)57)35-43-33-41(31-25-21-15-9-3)47(59-43)48-42(32-26-22-16-10-4)34-44(60-48)36-46-50(56)54(52(58)62-46)38-40(28-18-12-6)30-24-20-14-8-2;1-7-13-17-19-23-33-25-35(27-37-41(47)45(43(49)53-37)29-31(11-5)21-15-9-3)51-39(33)40-34(24-20-18-14-8-2)26-36(52-40)28-38-42(48)46(44(50)54-38)30-32(12-6)22-16-10-4/h33-36,39-40H,7-32,37-38H2,1-6H3;25-28,31-32H,7-24,29-30H2,1-6H3/b45-35-,46-36-;37-27-,38-28-. The SMILES string of the molecule is CCCCCCc1cc(/C=C2\SC(=S)N(CC(CC)CCCC)C2=O)sc1-c1sc(/C=C2\SC(=S)N(CC(CC)CCCC)C2=O)cc1CCCCCC.CCCCCCc1cc(/C=C2\SC(=S)N(CC(CCCC)CCCCCC)C2=O)sc1-c1sc(/C=C2\SC(=S)N(CC(CCCC)CCCCCC)C2=O)cc1CCCCCC. The predicted octanol–water partition coefficient (Wildman–Crippen LogP) is 32.2. The van der Waals surface area contributed by atoms with Gasteiger partial charge in [-0.25, -0.2) is 0 Å². The number of thiophene rings is 4. The van der Waals surface area contributed by atoms with Gasteiger partial charge in [0, 0.05) is 65.2 Å². The van der Waals surface area contributed by atoms with Gasteiger partial charge in [-0.3, -0.25) is 38.8 Å². The summed E-state index contributed by atoms with van der Waals surface area (Å²) in [6.07, 6.45) is 60.4. The molecule has 0 radical (unpaired) electrons. The highest BCUT2D eigenvalue weighted by Gasteiger charge is 2.38. The number of aryl methyl sites for hydroxylation is 4. The van der Waals surface area contributed by atoms with Crippen LogP contribution in [0.2, 0.25) is 0 Å². The smallest absolute Gasteiger partial charge is 0.266 e. The van der Waals surface area contributed by atoms with Crippen LogP contribution in [0.4, 0.5) is 0 Å². The second-order valence-corrected chi connectivity index (χ2v) is 44.0. The quantitative estimate of drug-likeness (QED) is 0.0240. The summed E-state index contributed by atoms with van der Waals surface area (Å²) in [5, 5.41) is 0. The second-order valence-electron chi connectivity index (χ2n) is 33.0. The zero-order valence-electron chi connectivity index (χ0n) is 73.2. The Balaban J connectivity index is 0.000000324. The van der Waals surface area contributed by atoms with Gasteiger partial charge in [0.15, 0.2) is 0 Å². The van der Waals surface area contributed by atoms with Gasteiger partial charge in [-0.05, 0) is 184 Å². The molecule has 8 heterocycles. The highest BCUT2D eigenvalue weighted by molar-refractivity contribution is 8.28. The van der Waals surface area contributed by atoms with E-state index in [9.17, 15) is 19.2 Å². The molecule has 0 spiro atoms. The highest BCUT2D eigenvalue weighted by atomic mass is 32.2. The molecule has 116 heavy (non-hydrogen) atoms. The third kappa shape index (κ3) is 32.2. The molecule has 4 amide bonds. The summed E-state index contributed by atoms with van der Waals surface area (Å²) in [5.41, 5.74) is 5.50. The normalized spacial score (nSPS) is 17.3.